The number of hydrogen-bond acceptors (Lipinski definition) is 4. The van der Waals surface area contributed by atoms with E-state index in [0.29, 0.717) is 13.0 Å². The zero-order valence-corrected chi connectivity index (χ0v) is 11.6. The maximum absolute atomic E-state index is 12.2. The van der Waals surface area contributed by atoms with Gasteiger partial charge in [-0.15, -0.1) is 11.3 Å². The topological polar surface area (TPSA) is 57.8 Å². The maximum atomic E-state index is 12.2. The van der Waals surface area contributed by atoms with Crippen LogP contribution in [0.5, 0.6) is 0 Å². The number of fused-ring (bicyclic) bond motifs is 1. The summed E-state index contributed by atoms with van der Waals surface area (Å²) in [5.41, 5.74) is 0.796. The Morgan fingerprint density at radius 1 is 1.63 bits per heavy atom. The van der Waals surface area contributed by atoms with Gasteiger partial charge in [-0.05, 0) is 12.3 Å². The van der Waals surface area contributed by atoms with Gasteiger partial charge >= 0.3 is 0 Å². The SMILES string of the molecule is CC1CCN(C(=O)Cc2cn3ccsc3n2)CC1O. The molecule has 2 unspecified atom stereocenters. The third-order valence-electron chi connectivity index (χ3n) is 3.75. The number of carbonyl (C=O) groups is 1. The van der Waals surface area contributed by atoms with Gasteiger partial charge in [0.1, 0.15) is 0 Å². The van der Waals surface area contributed by atoms with Crippen LogP contribution in [0.15, 0.2) is 17.8 Å². The van der Waals surface area contributed by atoms with E-state index in [9.17, 15) is 9.90 Å². The Morgan fingerprint density at radius 3 is 3.21 bits per heavy atom. The molecule has 1 fully saturated rings. The summed E-state index contributed by atoms with van der Waals surface area (Å²) in [5, 5.41) is 11.8. The number of likely N-dealkylation sites (tertiary alicyclic amines) is 1. The Morgan fingerprint density at radius 2 is 2.47 bits per heavy atom. The maximum Gasteiger partial charge on any atom is 0.228 e. The van der Waals surface area contributed by atoms with Gasteiger partial charge in [-0.2, -0.15) is 0 Å². The standard InChI is InChI=1S/C13H17N3O2S/c1-9-2-3-15(8-11(9)17)12(18)6-10-7-16-4-5-19-13(16)14-10/h4-5,7,9,11,17H,2-3,6,8H2,1H3. The highest BCUT2D eigenvalue weighted by molar-refractivity contribution is 7.15. The van der Waals surface area contributed by atoms with E-state index in [1.807, 2.05) is 29.1 Å². The number of carbonyl (C=O) groups excluding carboxylic acids is 1. The minimum atomic E-state index is -0.400. The summed E-state index contributed by atoms with van der Waals surface area (Å²) in [6.07, 6.45) is 4.61. The average Bonchev–Trinajstić information content (AvgIpc) is 2.93. The fourth-order valence-corrected chi connectivity index (χ4v) is 3.12. The van der Waals surface area contributed by atoms with Crippen LogP contribution in [0.1, 0.15) is 19.0 Å². The molecule has 1 aliphatic heterocycles. The lowest BCUT2D eigenvalue weighted by Gasteiger charge is -2.34. The molecule has 102 valence electrons. The van der Waals surface area contributed by atoms with Gasteiger partial charge in [-0.1, -0.05) is 6.92 Å². The van der Waals surface area contributed by atoms with Gasteiger partial charge in [-0.3, -0.25) is 9.20 Å². The number of aromatic nitrogens is 2. The van der Waals surface area contributed by atoms with Crippen molar-refractivity contribution in [1.82, 2.24) is 14.3 Å². The van der Waals surface area contributed by atoms with Crippen LogP contribution in [0, 0.1) is 5.92 Å². The van der Waals surface area contributed by atoms with Crippen LogP contribution >= 0.6 is 11.3 Å². The van der Waals surface area contributed by atoms with Crippen molar-refractivity contribution in [2.75, 3.05) is 13.1 Å². The average molecular weight is 279 g/mol. The summed E-state index contributed by atoms with van der Waals surface area (Å²) in [6.45, 7) is 3.21. The Hall–Kier alpha value is -1.40. The van der Waals surface area contributed by atoms with Gasteiger partial charge in [0.2, 0.25) is 5.91 Å². The van der Waals surface area contributed by atoms with E-state index in [1.54, 1.807) is 16.2 Å². The smallest absolute Gasteiger partial charge is 0.228 e. The molecule has 0 saturated carbocycles. The van der Waals surface area contributed by atoms with Crippen molar-refractivity contribution in [1.29, 1.82) is 0 Å². The molecule has 2 atom stereocenters. The highest BCUT2D eigenvalue weighted by Crippen LogP contribution is 2.18. The number of aliphatic hydroxyl groups is 1. The van der Waals surface area contributed by atoms with Gasteiger partial charge in [0.15, 0.2) is 4.96 Å². The van der Waals surface area contributed by atoms with Crippen molar-refractivity contribution in [3.8, 4) is 0 Å². The first-order chi connectivity index (χ1) is 9.13. The molecule has 3 heterocycles. The minimum absolute atomic E-state index is 0.0525. The van der Waals surface area contributed by atoms with Crippen LogP contribution in [-0.2, 0) is 11.2 Å². The van der Waals surface area contributed by atoms with Gasteiger partial charge in [0.25, 0.3) is 0 Å². The Balaban J connectivity index is 1.66. The number of amides is 1. The van der Waals surface area contributed by atoms with E-state index in [2.05, 4.69) is 4.98 Å². The van der Waals surface area contributed by atoms with Crippen molar-refractivity contribution < 1.29 is 9.90 Å². The summed E-state index contributed by atoms with van der Waals surface area (Å²) >= 11 is 1.56. The number of piperidine rings is 1. The predicted octanol–water partition coefficient (Wildman–Crippen LogP) is 1.17. The number of nitrogens with zero attached hydrogens (tertiary/aromatic N) is 3. The highest BCUT2D eigenvalue weighted by Gasteiger charge is 2.27. The first-order valence-corrected chi connectivity index (χ1v) is 7.38. The Kier molecular flexibility index (Phi) is 3.28. The molecule has 3 rings (SSSR count). The predicted molar refractivity (Wildman–Crippen MR) is 73.1 cm³/mol. The Labute approximate surface area is 115 Å². The lowest BCUT2D eigenvalue weighted by molar-refractivity contribution is -0.134. The third-order valence-corrected chi connectivity index (χ3v) is 4.52. The van der Waals surface area contributed by atoms with Gasteiger partial charge in [0.05, 0.1) is 18.2 Å². The number of β-amino-alcohol motifs (C(OH)–C–C–N with tert-alkyl or cyclic N) is 1. The van der Waals surface area contributed by atoms with E-state index >= 15 is 0 Å². The fraction of sp³-hybridized carbons (Fsp3) is 0.538. The zero-order chi connectivity index (χ0) is 13.4. The second kappa shape index (κ2) is 4.94. The summed E-state index contributed by atoms with van der Waals surface area (Å²) in [6, 6.07) is 0. The molecule has 1 amide bonds. The van der Waals surface area contributed by atoms with E-state index in [-0.39, 0.29) is 11.8 Å². The molecule has 0 radical (unpaired) electrons. The molecule has 1 N–H and O–H groups in total. The zero-order valence-electron chi connectivity index (χ0n) is 10.8. The van der Waals surface area contributed by atoms with Crippen molar-refractivity contribution >= 4 is 22.2 Å². The second-order valence-corrected chi connectivity index (χ2v) is 6.05. The summed E-state index contributed by atoms with van der Waals surface area (Å²) in [4.78, 5) is 19.3. The molecule has 2 aromatic rings. The quantitative estimate of drug-likeness (QED) is 0.897. The van der Waals surface area contributed by atoms with E-state index < -0.39 is 6.10 Å². The van der Waals surface area contributed by atoms with Gasteiger partial charge < -0.3 is 10.0 Å². The number of hydrogen-bond donors (Lipinski definition) is 1. The van der Waals surface area contributed by atoms with Crippen molar-refractivity contribution in [2.24, 2.45) is 5.92 Å². The third kappa shape index (κ3) is 2.50. The largest absolute Gasteiger partial charge is 0.391 e. The molecule has 1 saturated heterocycles. The molecule has 2 aromatic heterocycles. The molecule has 0 aliphatic carbocycles. The molecule has 5 nitrogen and oxygen atoms in total. The summed E-state index contributed by atoms with van der Waals surface area (Å²) in [7, 11) is 0. The molecule has 0 spiro atoms. The van der Waals surface area contributed by atoms with Crippen LogP contribution in [0.3, 0.4) is 0 Å². The number of rotatable bonds is 2. The molecule has 19 heavy (non-hydrogen) atoms. The van der Waals surface area contributed by atoms with Crippen molar-refractivity contribution in [2.45, 2.75) is 25.9 Å². The van der Waals surface area contributed by atoms with Crippen LogP contribution in [0.4, 0.5) is 0 Å². The molecule has 6 heteroatoms. The molecule has 0 bridgehead atoms. The lowest BCUT2D eigenvalue weighted by atomic mass is 9.96. The van der Waals surface area contributed by atoms with Crippen LogP contribution in [0.2, 0.25) is 0 Å². The first-order valence-electron chi connectivity index (χ1n) is 6.50. The normalized spacial score (nSPS) is 24.0. The van der Waals surface area contributed by atoms with Crippen LogP contribution < -0.4 is 0 Å². The number of thiazole rings is 1. The Bertz CT molecular complexity index is 563. The van der Waals surface area contributed by atoms with Crippen LogP contribution in [-0.4, -0.2) is 44.5 Å². The molecular formula is C13H17N3O2S. The van der Waals surface area contributed by atoms with E-state index in [1.165, 1.54) is 0 Å². The van der Waals surface area contributed by atoms with Crippen molar-refractivity contribution in [3.05, 3.63) is 23.5 Å². The molecule has 1 aliphatic rings. The molecular weight excluding hydrogens is 262 g/mol. The second-order valence-electron chi connectivity index (χ2n) is 5.17. The van der Waals surface area contributed by atoms with Gasteiger partial charge in [-0.25, -0.2) is 4.98 Å². The lowest BCUT2D eigenvalue weighted by Crippen LogP contribution is -2.46. The first kappa shape index (κ1) is 12.6. The number of imidazole rings is 1. The minimum Gasteiger partial charge on any atom is -0.391 e. The summed E-state index contributed by atoms with van der Waals surface area (Å²) in [5.74, 6) is 0.332. The monoisotopic (exact) mass is 279 g/mol. The fourth-order valence-electron chi connectivity index (χ4n) is 2.40. The summed E-state index contributed by atoms with van der Waals surface area (Å²) < 4.78 is 1.93. The highest BCUT2D eigenvalue weighted by atomic mass is 32.1. The van der Waals surface area contributed by atoms with E-state index in [4.69, 9.17) is 0 Å². The number of aliphatic hydroxyl groups excluding tert-OH is 1. The van der Waals surface area contributed by atoms with Crippen LogP contribution in [0.25, 0.3) is 4.96 Å². The van der Waals surface area contributed by atoms with Gasteiger partial charge in [0, 0.05) is 30.9 Å². The molecule has 0 aromatic carbocycles. The van der Waals surface area contributed by atoms with E-state index in [0.717, 1.165) is 23.6 Å². The van der Waals surface area contributed by atoms with Crippen molar-refractivity contribution in [3.63, 3.8) is 0 Å².